The molecule has 6 aromatic rings. The minimum Gasteiger partial charge on any atom is -0.335 e. The van der Waals surface area contributed by atoms with Crippen LogP contribution in [0.1, 0.15) is 41.5 Å². The Kier molecular flexibility index (Phi) is 7.02. The molecule has 0 N–H and O–H groups in total. The third kappa shape index (κ3) is 5.03. The van der Waals surface area contributed by atoms with Gasteiger partial charge in [-0.15, -0.1) is 0 Å². The largest absolute Gasteiger partial charge is 0.335 e. The Morgan fingerprint density at radius 3 is 0.881 bits per heavy atom. The van der Waals surface area contributed by atoms with Crippen molar-refractivity contribution in [2.45, 2.75) is 52.6 Å². The summed E-state index contributed by atoms with van der Waals surface area (Å²) in [6.45, 7) is 13.9. The molecule has 210 valence electrons. The molecule has 0 saturated heterocycles. The first-order valence-electron chi connectivity index (χ1n) is 14.9. The quantitative estimate of drug-likeness (QED) is 0.203. The number of hydrogen-bond donors (Lipinski definition) is 0. The van der Waals surface area contributed by atoms with Crippen molar-refractivity contribution in [3.8, 4) is 56.2 Å². The van der Waals surface area contributed by atoms with Gasteiger partial charge in [0.25, 0.3) is 0 Å². The highest BCUT2D eigenvalue weighted by atomic mass is 15.1. The Morgan fingerprint density at radius 1 is 0.357 bits per heavy atom. The van der Waals surface area contributed by atoms with E-state index in [1.54, 1.807) is 0 Å². The summed E-state index contributed by atoms with van der Waals surface area (Å²) in [6.07, 6.45) is 0. The predicted octanol–water partition coefficient (Wildman–Crippen LogP) is 11.1. The third-order valence-corrected chi connectivity index (χ3v) is 7.87. The topological polar surface area (TPSA) is 9.86 Å². The molecule has 0 aliphatic carbocycles. The lowest BCUT2D eigenvalue weighted by Crippen LogP contribution is -2.24. The van der Waals surface area contributed by atoms with Crippen LogP contribution in [0.5, 0.6) is 0 Å². The van der Waals surface area contributed by atoms with Crippen LogP contribution in [0.4, 0.5) is 0 Å². The fourth-order valence-electron chi connectivity index (χ4n) is 6.23. The number of aromatic nitrogens is 2. The highest BCUT2D eigenvalue weighted by Gasteiger charge is 2.31. The van der Waals surface area contributed by atoms with Gasteiger partial charge in [-0.3, -0.25) is 0 Å². The second-order valence-electron chi connectivity index (χ2n) is 13.1. The van der Waals surface area contributed by atoms with Crippen LogP contribution < -0.4 is 0 Å². The molecule has 6 rings (SSSR count). The average molecular weight is 549 g/mol. The Balaban J connectivity index is 1.80. The highest BCUT2D eigenvalue weighted by molar-refractivity contribution is 5.95. The first-order chi connectivity index (χ1) is 20.1. The molecule has 0 atom stereocenters. The minimum atomic E-state index is -0.156. The van der Waals surface area contributed by atoms with Crippen molar-refractivity contribution >= 4 is 0 Å². The van der Waals surface area contributed by atoms with Crippen LogP contribution in [-0.4, -0.2) is 9.13 Å². The zero-order valence-electron chi connectivity index (χ0n) is 25.6. The number of hydrogen-bond acceptors (Lipinski definition) is 0. The summed E-state index contributed by atoms with van der Waals surface area (Å²) in [6, 6.07) is 48.3. The van der Waals surface area contributed by atoms with Crippen molar-refractivity contribution in [3.05, 3.63) is 133 Å². The van der Waals surface area contributed by atoms with Crippen molar-refractivity contribution in [2.75, 3.05) is 0 Å². The van der Waals surface area contributed by atoms with Crippen molar-refractivity contribution in [3.63, 3.8) is 0 Å². The van der Waals surface area contributed by atoms with Gasteiger partial charge in [-0.05, 0) is 75.9 Å². The molecule has 0 aliphatic heterocycles. The van der Waals surface area contributed by atoms with Crippen LogP contribution in [-0.2, 0) is 11.1 Å². The van der Waals surface area contributed by atoms with Crippen molar-refractivity contribution in [1.82, 2.24) is 9.13 Å². The highest BCUT2D eigenvalue weighted by Crippen LogP contribution is 2.48. The van der Waals surface area contributed by atoms with Gasteiger partial charge >= 0.3 is 0 Å². The molecule has 0 spiro atoms. The zero-order valence-corrected chi connectivity index (χ0v) is 25.6. The van der Waals surface area contributed by atoms with Crippen LogP contribution in [0.2, 0.25) is 0 Å². The summed E-state index contributed by atoms with van der Waals surface area (Å²) >= 11 is 0. The molecular formula is C40H40N2. The third-order valence-electron chi connectivity index (χ3n) is 7.87. The van der Waals surface area contributed by atoms with Crippen LogP contribution in [0.15, 0.2) is 133 Å². The van der Waals surface area contributed by atoms with E-state index in [0.717, 1.165) is 0 Å². The smallest absolute Gasteiger partial charge is 0.0570 e. The molecule has 0 bridgehead atoms. The normalized spacial score (nSPS) is 12.0. The molecule has 4 aromatic carbocycles. The lowest BCUT2D eigenvalue weighted by Gasteiger charge is -2.29. The van der Waals surface area contributed by atoms with Gasteiger partial charge in [0.05, 0.1) is 11.4 Å². The monoisotopic (exact) mass is 548 g/mol. The lowest BCUT2D eigenvalue weighted by molar-refractivity contribution is 0.406. The van der Waals surface area contributed by atoms with E-state index in [-0.39, 0.29) is 11.1 Å². The zero-order chi connectivity index (χ0) is 29.5. The van der Waals surface area contributed by atoms with Gasteiger partial charge in [0, 0.05) is 33.6 Å². The molecule has 2 aromatic heterocycles. The molecular weight excluding hydrogens is 508 g/mol. The number of benzene rings is 4. The van der Waals surface area contributed by atoms with E-state index in [0.29, 0.717) is 0 Å². The van der Waals surface area contributed by atoms with Gasteiger partial charge in [-0.2, -0.15) is 0 Å². The first kappa shape index (κ1) is 27.6. The van der Waals surface area contributed by atoms with Gasteiger partial charge < -0.3 is 9.13 Å². The van der Waals surface area contributed by atoms with Crippen LogP contribution >= 0.6 is 0 Å². The van der Waals surface area contributed by atoms with Crippen molar-refractivity contribution in [2.24, 2.45) is 0 Å². The maximum absolute atomic E-state index is 2.54. The molecule has 0 radical (unpaired) electrons. The predicted molar refractivity (Wildman–Crippen MR) is 180 cm³/mol. The molecule has 0 unspecified atom stereocenters. The molecule has 0 amide bonds. The van der Waals surface area contributed by atoms with E-state index in [2.05, 4.69) is 184 Å². The van der Waals surface area contributed by atoms with E-state index in [9.17, 15) is 0 Å². The lowest BCUT2D eigenvalue weighted by atomic mass is 9.96. The average Bonchev–Trinajstić information content (AvgIpc) is 3.59. The fraction of sp³-hybridized carbons (Fsp3) is 0.200. The van der Waals surface area contributed by atoms with E-state index >= 15 is 0 Å². The standard InChI is InChI=1S/C40H40N2/c1-39(2,3)41-35(29-19-11-7-12-20-29)27-33(37(41)31-23-15-9-16-24-31)34-28-36(30-21-13-8-14-22-30)42(40(4,5)6)38(34)32-25-17-10-18-26-32/h7-28H,1-6H3. The molecule has 2 heterocycles. The maximum atomic E-state index is 2.54. The summed E-state index contributed by atoms with van der Waals surface area (Å²) in [5.74, 6) is 0. The Hall–Kier alpha value is -4.56. The van der Waals surface area contributed by atoms with Crippen molar-refractivity contribution < 1.29 is 0 Å². The maximum Gasteiger partial charge on any atom is 0.0570 e. The Labute approximate surface area is 250 Å². The van der Waals surface area contributed by atoms with Crippen LogP contribution in [0.3, 0.4) is 0 Å². The fourth-order valence-corrected chi connectivity index (χ4v) is 6.23. The Morgan fingerprint density at radius 2 is 0.619 bits per heavy atom. The number of nitrogens with zero attached hydrogens (tertiary/aromatic N) is 2. The summed E-state index contributed by atoms with van der Waals surface area (Å²) in [4.78, 5) is 0. The molecule has 2 heteroatoms. The van der Waals surface area contributed by atoms with E-state index in [1.165, 1.54) is 56.2 Å². The molecule has 0 saturated carbocycles. The van der Waals surface area contributed by atoms with Crippen LogP contribution in [0, 0.1) is 0 Å². The molecule has 0 aliphatic rings. The number of rotatable bonds is 5. The first-order valence-corrected chi connectivity index (χ1v) is 14.9. The van der Waals surface area contributed by atoms with Gasteiger partial charge in [0.2, 0.25) is 0 Å². The van der Waals surface area contributed by atoms with E-state index in [1.807, 2.05) is 0 Å². The SMILES string of the molecule is CC(C)(C)n1c(-c2ccccc2)cc(-c2cc(-c3ccccc3)n(C(C)(C)C)c2-c2ccccc2)c1-c1ccccc1. The van der Waals surface area contributed by atoms with E-state index in [4.69, 9.17) is 0 Å². The van der Waals surface area contributed by atoms with Gasteiger partial charge in [0.15, 0.2) is 0 Å². The molecule has 0 fully saturated rings. The summed E-state index contributed by atoms with van der Waals surface area (Å²) in [7, 11) is 0. The minimum absolute atomic E-state index is 0.156. The van der Waals surface area contributed by atoms with Crippen molar-refractivity contribution in [1.29, 1.82) is 0 Å². The van der Waals surface area contributed by atoms with Gasteiger partial charge in [-0.1, -0.05) is 121 Å². The second-order valence-corrected chi connectivity index (χ2v) is 13.1. The van der Waals surface area contributed by atoms with Gasteiger partial charge in [-0.25, -0.2) is 0 Å². The molecule has 2 nitrogen and oxygen atoms in total. The summed E-state index contributed by atoms with van der Waals surface area (Å²) < 4.78 is 5.08. The van der Waals surface area contributed by atoms with Gasteiger partial charge in [0.1, 0.15) is 0 Å². The Bertz CT molecular complexity index is 1650. The van der Waals surface area contributed by atoms with Crippen LogP contribution in [0.25, 0.3) is 56.2 Å². The second kappa shape index (κ2) is 10.7. The summed E-state index contributed by atoms with van der Waals surface area (Å²) in [5.41, 5.74) is 12.0. The summed E-state index contributed by atoms with van der Waals surface area (Å²) in [5, 5.41) is 0. The van der Waals surface area contributed by atoms with E-state index < -0.39 is 0 Å². The molecule has 42 heavy (non-hydrogen) atoms.